The predicted octanol–water partition coefficient (Wildman–Crippen LogP) is 7.02. The second kappa shape index (κ2) is 9.33. The number of ether oxygens (including phenoxy) is 1. The Bertz CT molecular complexity index is 1580. The maximum Gasteiger partial charge on any atom is 0.305 e. The third kappa shape index (κ3) is 4.23. The number of anilines is 1. The van der Waals surface area contributed by atoms with Crippen LogP contribution >= 0.6 is 39.0 Å². The van der Waals surface area contributed by atoms with Crippen molar-refractivity contribution >= 4 is 61.4 Å². The minimum absolute atomic E-state index is 0.00190. The molecule has 2 heterocycles. The molecule has 1 amide bonds. The number of thiazole rings is 1. The highest BCUT2D eigenvalue weighted by Gasteiger charge is 2.55. The molecule has 0 spiro atoms. The molecule has 8 heteroatoms. The van der Waals surface area contributed by atoms with Gasteiger partial charge in [0.05, 0.1) is 5.03 Å². The lowest BCUT2D eigenvalue weighted by molar-refractivity contribution is -0.118. The fraction of sp³-hybridized carbons (Fsp3) is 0.310. The average Bonchev–Trinajstić information content (AvgIpc) is 3.61. The maximum atomic E-state index is 12.9. The number of thioether (sulfide) groups is 1. The van der Waals surface area contributed by atoms with Gasteiger partial charge in [-0.05, 0) is 78.1 Å². The molecule has 3 aliphatic rings. The molecule has 2 N–H and O–H groups in total. The minimum Gasteiger partial charge on any atom is -0.483 e. The van der Waals surface area contributed by atoms with Crippen molar-refractivity contribution in [2.75, 3.05) is 11.9 Å². The van der Waals surface area contributed by atoms with Crippen LogP contribution in [-0.2, 0) is 4.79 Å². The molecule has 7 rings (SSSR count). The lowest BCUT2D eigenvalue weighted by atomic mass is 9.74. The molecule has 4 unspecified atom stereocenters. The van der Waals surface area contributed by atoms with Crippen LogP contribution in [0.1, 0.15) is 35.6 Å². The summed E-state index contributed by atoms with van der Waals surface area (Å²) in [6.45, 7) is -0.0840. The summed E-state index contributed by atoms with van der Waals surface area (Å²) < 4.78 is 7.16. The molecular formula is C29H25BrN2O3S2. The van der Waals surface area contributed by atoms with E-state index in [-0.39, 0.29) is 23.3 Å². The standard InChI is InChI=1S/C29H25BrN2O3S2/c30-19-8-10-22(35-14-23(33)31-20-9-7-15-3-1-2-4-16(15)12-20)21(13-19)25-24-17-5-6-18(11-17)26(24)36-28-27(25)37-29(34)32-28/h1-4,7-10,12-13,17-18,24-26H,5-6,11,14H2,(H,31,33)(H,32,34)/t17?,18?,24?,25-,26?/m1/s1. The lowest BCUT2D eigenvalue weighted by Gasteiger charge is -2.40. The topological polar surface area (TPSA) is 71.2 Å². The molecule has 5 atom stereocenters. The van der Waals surface area contributed by atoms with Crippen LogP contribution in [0.4, 0.5) is 5.69 Å². The Hall–Kier alpha value is -2.55. The number of fused-ring (bicyclic) bond motifs is 7. The number of hydrogen-bond donors (Lipinski definition) is 2. The Morgan fingerprint density at radius 3 is 2.78 bits per heavy atom. The Morgan fingerprint density at radius 2 is 1.89 bits per heavy atom. The zero-order valence-electron chi connectivity index (χ0n) is 19.9. The van der Waals surface area contributed by atoms with Gasteiger partial charge in [-0.25, -0.2) is 0 Å². The van der Waals surface area contributed by atoms with Crippen molar-refractivity contribution in [1.82, 2.24) is 4.98 Å². The quantitative estimate of drug-likeness (QED) is 0.261. The number of halogens is 1. The number of amides is 1. The van der Waals surface area contributed by atoms with Gasteiger partial charge in [-0.15, -0.1) is 11.8 Å². The van der Waals surface area contributed by atoms with Crippen molar-refractivity contribution in [3.05, 3.63) is 85.2 Å². The Balaban J connectivity index is 1.17. The van der Waals surface area contributed by atoms with E-state index >= 15 is 0 Å². The molecule has 2 fully saturated rings. The third-order valence-electron chi connectivity index (χ3n) is 8.16. The lowest BCUT2D eigenvalue weighted by Crippen LogP contribution is -2.34. The number of aromatic amines is 1. The van der Waals surface area contributed by atoms with Gasteiger partial charge >= 0.3 is 4.87 Å². The van der Waals surface area contributed by atoms with E-state index in [9.17, 15) is 9.59 Å². The third-order valence-corrected chi connectivity index (χ3v) is 11.3. The monoisotopic (exact) mass is 592 g/mol. The molecule has 2 bridgehead atoms. The predicted molar refractivity (Wildman–Crippen MR) is 153 cm³/mol. The second-order valence-corrected chi connectivity index (χ2v) is 13.4. The van der Waals surface area contributed by atoms with E-state index in [1.54, 1.807) is 0 Å². The summed E-state index contributed by atoms with van der Waals surface area (Å²) in [4.78, 5) is 29.5. The zero-order chi connectivity index (χ0) is 25.1. The van der Waals surface area contributed by atoms with Gasteiger partial charge in [-0.1, -0.05) is 57.6 Å². The van der Waals surface area contributed by atoms with E-state index in [4.69, 9.17) is 4.74 Å². The molecule has 0 radical (unpaired) electrons. The van der Waals surface area contributed by atoms with Gasteiger partial charge in [-0.3, -0.25) is 9.59 Å². The summed E-state index contributed by atoms with van der Waals surface area (Å²) >= 11 is 6.87. The van der Waals surface area contributed by atoms with Gasteiger partial charge in [0.15, 0.2) is 6.61 Å². The first-order valence-electron chi connectivity index (χ1n) is 12.6. The average molecular weight is 594 g/mol. The van der Waals surface area contributed by atoms with E-state index in [0.29, 0.717) is 28.8 Å². The number of benzene rings is 3. The first-order valence-corrected chi connectivity index (χ1v) is 15.1. The normalized spacial score (nSPS) is 25.6. The van der Waals surface area contributed by atoms with E-state index in [1.165, 1.54) is 30.6 Å². The fourth-order valence-corrected chi connectivity index (χ4v) is 9.96. The highest BCUT2D eigenvalue weighted by atomic mass is 79.9. The molecule has 37 heavy (non-hydrogen) atoms. The number of carbonyl (C=O) groups excluding carboxylic acids is 1. The van der Waals surface area contributed by atoms with Crippen LogP contribution in [0.25, 0.3) is 10.8 Å². The summed E-state index contributed by atoms with van der Waals surface area (Å²) in [7, 11) is 0. The molecule has 1 aliphatic heterocycles. The van der Waals surface area contributed by atoms with Crippen molar-refractivity contribution in [3.63, 3.8) is 0 Å². The van der Waals surface area contributed by atoms with Gasteiger partial charge in [-0.2, -0.15) is 0 Å². The van der Waals surface area contributed by atoms with Crippen molar-refractivity contribution < 1.29 is 9.53 Å². The van der Waals surface area contributed by atoms with Gasteiger partial charge in [0.1, 0.15) is 5.75 Å². The number of H-pyrrole nitrogens is 1. The van der Waals surface area contributed by atoms with Gasteiger partial charge < -0.3 is 15.0 Å². The van der Waals surface area contributed by atoms with Crippen LogP contribution in [0.2, 0.25) is 0 Å². The molecule has 0 saturated heterocycles. The molecule has 2 aliphatic carbocycles. The van der Waals surface area contributed by atoms with E-state index in [2.05, 4.69) is 38.4 Å². The van der Waals surface area contributed by atoms with Crippen LogP contribution in [-0.4, -0.2) is 22.7 Å². The van der Waals surface area contributed by atoms with Crippen molar-refractivity contribution in [2.45, 2.75) is 35.5 Å². The highest BCUT2D eigenvalue weighted by Crippen LogP contribution is 2.64. The summed E-state index contributed by atoms with van der Waals surface area (Å²) in [5.41, 5.74) is 1.81. The Morgan fingerprint density at radius 1 is 1.05 bits per heavy atom. The molecule has 1 aromatic heterocycles. The van der Waals surface area contributed by atoms with Gasteiger partial charge in [0.25, 0.3) is 5.91 Å². The summed E-state index contributed by atoms with van der Waals surface area (Å²) in [6, 6.07) is 20.0. The van der Waals surface area contributed by atoms with Crippen LogP contribution in [0.5, 0.6) is 5.75 Å². The number of hydrogen-bond acceptors (Lipinski definition) is 5. The SMILES string of the molecule is O=C(COc1ccc(Br)cc1[C@H]1c2sc(=O)[nH]c2SC2C3CCC(C3)C21)Nc1ccc2ccccc2c1. The zero-order valence-corrected chi connectivity index (χ0v) is 23.1. The molecule has 5 nitrogen and oxygen atoms in total. The summed E-state index contributed by atoms with van der Waals surface area (Å²) in [5, 5.41) is 6.72. The van der Waals surface area contributed by atoms with E-state index in [1.807, 2.05) is 60.3 Å². The fourth-order valence-electron chi connectivity index (χ4n) is 6.70. The molecule has 2 saturated carbocycles. The molecular weight excluding hydrogens is 568 g/mol. The number of aromatic nitrogens is 1. The minimum atomic E-state index is -0.201. The van der Waals surface area contributed by atoms with E-state index in [0.717, 1.165) is 36.4 Å². The summed E-state index contributed by atoms with van der Waals surface area (Å²) in [5.74, 6) is 2.46. The van der Waals surface area contributed by atoms with Crippen molar-refractivity contribution in [1.29, 1.82) is 0 Å². The smallest absolute Gasteiger partial charge is 0.305 e. The van der Waals surface area contributed by atoms with Crippen LogP contribution in [0, 0.1) is 17.8 Å². The molecule has 3 aromatic carbocycles. The Kier molecular flexibility index (Phi) is 5.94. The first-order chi connectivity index (χ1) is 18.0. The first kappa shape index (κ1) is 23.6. The Labute approximate surface area is 231 Å². The number of carbonyl (C=O) groups is 1. The molecule has 4 aromatic rings. The van der Waals surface area contributed by atoms with Crippen LogP contribution < -0.4 is 14.9 Å². The van der Waals surface area contributed by atoms with Gasteiger partial charge in [0, 0.05) is 31.8 Å². The van der Waals surface area contributed by atoms with Crippen molar-refractivity contribution in [2.24, 2.45) is 17.8 Å². The highest BCUT2D eigenvalue weighted by molar-refractivity contribution is 9.10. The number of nitrogens with one attached hydrogen (secondary N) is 2. The second-order valence-electron chi connectivity index (χ2n) is 10.3. The largest absolute Gasteiger partial charge is 0.483 e. The molecule has 188 valence electrons. The van der Waals surface area contributed by atoms with Crippen LogP contribution in [0.3, 0.4) is 0 Å². The maximum absolute atomic E-state index is 12.9. The van der Waals surface area contributed by atoms with Gasteiger partial charge in [0.2, 0.25) is 0 Å². The summed E-state index contributed by atoms with van der Waals surface area (Å²) in [6.07, 6.45) is 3.82. The number of rotatable bonds is 5. The van der Waals surface area contributed by atoms with Crippen molar-refractivity contribution in [3.8, 4) is 5.75 Å². The van der Waals surface area contributed by atoms with E-state index < -0.39 is 0 Å². The van der Waals surface area contributed by atoms with Crippen LogP contribution in [0.15, 0.2) is 75.0 Å².